The maximum absolute atomic E-state index is 12.3. The quantitative estimate of drug-likeness (QED) is 0.770. The number of aryl methyl sites for hydroxylation is 2. The molecule has 0 fully saturated rings. The van der Waals surface area contributed by atoms with Gasteiger partial charge in [0.2, 0.25) is 0 Å². The zero-order valence-electron chi connectivity index (χ0n) is 12.6. The number of hydrogen-bond donors (Lipinski definition) is 2. The second kappa shape index (κ2) is 5.49. The number of carbonyl (C=O) groups is 1. The van der Waals surface area contributed by atoms with E-state index in [0.29, 0.717) is 4.88 Å². The van der Waals surface area contributed by atoms with Crippen molar-refractivity contribution in [1.82, 2.24) is 15.1 Å². The first-order chi connectivity index (χ1) is 10.4. The fourth-order valence-corrected chi connectivity index (χ4v) is 4.16. The summed E-state index contributed by atoms with van der Waals surface area (Å²) in [7, 11) is 1.87. The van der Waals surface area contributed by atoms with Crippen molar-refractivity contribution in [3.63, 3.8) is 0 Å². The third-order valence-corrected chi connectivity index (χ3v) is 5.89. The number of nitrogens with zero attached hydrogens (tertiary/aromatic N) is 2. The van der Waals surface area contributed by atoms with E-state index >= 15 is 0 Å². The smallest absolute Gasteiger partial charge is 0.261 e. The highest BCUT2D eigenvalue weighted by atomic mass is 32.1. The Morgan fingerprint density at radius 3 is 2.95 bits per heavy atom. The molecule has 7 heteroatoms. The molecule has 0 bridgehead atoms. The third-order valence-electron chi connectivity index (χ3n) is 3.57. The number of aliphatic hydroxyl groups is 1. The van der Waals surface area contributed by atoms with Crippen LogP contribution in [-0.4, -0.2) is 27.3 Å². The van der Waals surface area contributed by atoms with Crippen LogP contribution in [0.3, 0.4) is 0 Å². The number of aromatic nitrogens is 2. The average molecular weight is 335 g/mol. The van der Waals surface area contributed by atoms with Gasteiger partial charge in [-0.25, -0.2) is 0 Å². The molecule has 3 aromatic heterocycles. The molecule has 116 valence electrons. The van der Waals surface area contributed by atoms with Gasteiger partial charge in [-0.15, -0.1) is 22.7 Å². The first-order valence-electron chi connectivity index (χ1n) is 6.86. The van der Waals surface area contributed by atoms with Crippen molar-refractivity contribution in [3.8, 4) is 0 Å². The molecule has 1 amide bonds. The predicted molar refractivity (Wildman–Crippen MR) is 89.6 cm³/mol. The Bertz CT molecular complexity index is 781. The molecule has 0 aromatic carbocycles. The first kappa shape index (κ1) is 15.2. The van der Waals surface area contributed by atoms with Gasteiger partial charge in [0, 0.05) is 17.3 Å². The van der Waals surface area contributed by atoms with Crippen LogP contribution in [0.25, 0.3) is 10.2 Å². The molecule has 0 aliphatic heterocycles. The standard InChI is InChI=1S/C15H17N3O2S2/c1-9-10-7-11(22-14(10)18(3)17-9)13(19)16-8-15(2,20)12-5-4-6-21-12/h4-7,20H,8H2,1-3H3,(H,16,19). The second-order valence-electron chi connectivity index (χ2n) is 5.47. The van der Waals surface area contributed by atoms with Crippen LogP contribution in [0.15, 0.2) is 23.6 Å². The van der Waals surface area contributed by atoms with Gasteiger partial charge in [-0.3, -0.25) is 9.48 Å². The van der Waals surface area contributed by atoms with Crippen LogP contribution in [0.4, 0.5) is 0 Å². The summed E-state index contributed by atoms with van der Waals surface area (Å²) in [5.41, 5.74) is -0.142. The number of amides is 1. The minimum Gasteiger partial charge on any atom is -0.383 e. The summed E-state index contributed by atoms with van der Waals surface area (Å²) >= 11 is 2.89. The lowest BCUT2D eigenvalue weighted by Crippen LogP contribution is -2.37. The third kappa shape index (κ3) is 2.67. The second-order valence-corrected chi connectivity index (χ2v) is 7.45. The highest BCUT2D eigenvalue weighted by Crippen LogP contribution is 2.28. The molecule has 3 aromatic rings. The minimum absolute atomic E-state index is 0.169. The van der Waals surface area contributed by atoms with Gasteiger partial charge in [0.15, 0.2) is 0 Å². The van der Waals surface area contributed by atoms with Gasteiger partial charge in [-0.2, -0.15) is 5.10 Å². The highest BCUT2D eigenvalue weighted by Gasteiger charge is 2.25. The molecular formula is C15H17N3O2S2. The molecule has 1 atom stereocenters. The SMILES string of the molecule is Cc1nn(C)c2sc(C(=O)NCC(C)(O)c3cccs3)cc12. The normalized spacial score (nSPS) is 14.2. The molecular weight excluding hydrogens is 318 g/mol. The van der Waals surface area contributed by atoms with Crippen molar-refractivity contribution < 1.29 is 9.90 Å². The number of carbonyl (C=O) groups excluding carboxylic acids is 1. The van der Waals surface area contributed by atoms with Gasteiger partial charge >= 0.3 is 0 Å². The summed E-state index contributed by atoms with van der Waals surface area (Å²) < 4.78 is 1.79. The van der Waals surface area contributed by atoms with E-state index < -0.39 is 5.60 Å². The van der Waals surface area contributed by atoms with Crippen LogP contribution >= 0.6 is 22.7 Å². The summed E-state index contributed by atoms with van der Waals surface area (Å²) in [4.78, 5) is 14.8. The van der Waals surface area contributed by atoms with Gasteiger partial charge in [-0.1, -0.05) is 6.07 Å². The lowest BCUT2D eigenvalue weighted by molar-refractivity contribution is 0.0558. The van der Waals surface area contributed by atoms with E-state index in [1.54, 1.807) is 11.6 Å². The fraction of sp³-hybridized carbons (Fsp3) is 0.333. The van der Waals surface area contributed by atoms with Gasteiger partial charge in [0.05, 0.1) is 17.1 Å². The molecule has 0 saturated heterocycles. The number of fused-ring (bicyclic) bond motifs is 1. The number of nitrogens with one attached hydrogen (secondary N) is 1. The molecule has 22 heavy (non-hydrogen) atoms. The molecule has 0 aliphatic rings. The Hall–Kier alpha value is -1.70. The molecule has 0 radical (unpaired) electrons. The largest absolute Gasteiger partial charge is 0.383 e. The van der Waals surface area contributed by atoms with Crippen molar-refractivity contribution >= 4 is 38.8 Å². The number of thiophene rings is 2. The van der Waals surface area contributed by atoms with Crippen molar-refractivity contribution in [1.29, 1.82) is 0 Å². The lowest BCUT2D eigenvalue weighted by atomic mass is 10.1. The van der Waals surface area contributed by atoms with E-state index in [2.05, 4.69) is 10.4 Å². The molecule has 3 rings (SSSR count). The van der Waals surface area contributed by atoms with Crippen LogP contribution in [0.2, 0.25) is 0 Å². The van der Waals surface area contributed by atoms with Crippen LogP contribution in [0, 0.1) is 6.92 Å². The first-order valence-corrected chi connectivity index (χ1v) is 8.56. The number of hydrogen-bond acceptors (Lipinski definition) is 5. The van der Waals surface area contributed by atoms with Crippen molar-refractivity contribution in [2.24, 2.45) is 7.05 Å². The Labute approximate surface area is 136 Å². The molecule has 3 heterocycles. The fourth-order valence-electron chi connectivity index (χ4n) is 2.33. The lowest BCUT2D eigenvalue weighted by Gasteiger charge is -2.22. The van der Waals surface area contributed by atoms with Crippen molar-refractivity contribution in [3.05, 3.63) is 39.0 Å². The maximum atomic E-state index is 12.3. The van der Waals surface area contributed by atoms with Gasteiger partial charge in [0.1, 0.15) is 10.4 Å². The average Bonchev–Trinajstić information content (AvgIpc) is 3.16. The summed E-state index contributed by atoms with van der Waals surface area (Å²) in [5, 5.41) is 20.5. The summed E-state index contributed by atoms with van der Waals surface area (Å²) in [6.07, 6.45) is 0. The minimum atomic E-state index is -1.06. The zero-order valence-corrected chi connectivity index (χ0v) is 14.2. The zero-order chi connectivity index (χ0) is 15.9. The molecule has 2 N–H and O–H groups in total. The number of rotatable bonds is 4. The van der Waals surface area contributed by atoms with Crippen molar-refractivity contribution in [2.75, 3.05) is 6.54 Å². The molecule has 0 aliphatic carbocycles. The van der Waals surface area contributed by atoms with Crippen LogP contribution in [-0.2, 0) is 12.6 Å². The molecule has 5 nitrogen and oxygen atoms in total. The maximum Gasteiger partial charge on any atom is 0.261 e. The summed E-state index contributed by atoms with van der Waals surface area (Å²) in [6, 6.07) is 5.61. The Morgan fingerprint density at radius 1 is 1.55 bits per heavy atom. The van der Waals surface area contributed by atoms with Crippen LogP contribution in [0.1, 0.15) is 27.2 Å². The van der Waals surface area contributed by atoms with Gasteiger partial charge in [0.25, 0.3) is 5.91 Å². The van der Waals surface area contributed by atoms with E-state index in [-0.39, 0.29) is 12.5 Å². The Balaban J connectivity index is 1.75. The van der Waals surface area contributed by atoms with Gasteiger partial charge < -0.3 is 10.4 Å². The van der Waals surface area contributed by atoms with E-state index in [4.69, 9.17) is 0 Å². The van der Waals surface area contributed by atoms with E-state index in [1.165, 1.54) is 22.7 Å². The van der Waals surface area contributed by atoms with Crippen molar-refractivity contribution in [2.45, 2.75) is 19.4 Å². The Kier molecular flexibility index (Phi) is 3.80. The Morgan fingerprint density at radius 2 is 2.32 bits per heavy atom. The molecule has 0 spiro atoms. The van der Waals surface area contributed by atoms with Gasteiger partial charge in [-0.05, 0) is 31.4 Å². The van der Waals surface area contributed by atoms with Crippen LogP contribution in [0.5, 0.6) is 0 Å². The molecule has 1 unspecified atom stereocenters. The van der Waals surface area contributed by atoms with E-state index in [1.807, 2.05) is 37.6 Å². The summed E-state index contributed by atoms with van der Waals surface area (Å²) in [5.74, 6) is -0.169. The highest BCUT2D eigenvalue weighted by molar-refractivity contribution is 7.20. The van der Waals surface area contributed by atoms with E-state index in [0.717, 1.165) is 20.8 Å². The molecule has 0 saturated carbocycles. The summed E-state index contributed by atoms with van der Waals surface area (Å²) in [6.45, 7) is 3.81. The predicted octanol–water partition coefficient (Wildman–Crippen LogP) is 2.64. The van der Waals surface area contributed by atoms with Crippen LogP contribution < -0.4 is 5.32 Å². The topological polar surface area (TPSA) is 67.2 Å². The van der Waals surface area contributed by atoms with E-state index in [9.17, 15) is 9.90 Å². The monoisotopic (exact) mass is 335 g/mol.